The molecular formula is C21H18ClF3N2O2S. The second-order valence-electron chi connectivity index (χ2n) is 7.20. The van der Waals surface area contributed by atoms with Gasteiger partial charge in [0.1, 0.15) is 5.15 Å². The van der Waals surface area contributed by atoms with Crippen LogP contribution < -0.4 is 4.72 Å². The number of benzene rings is 2. The summed E-state index contributed by atoms with van der Waals surface area (Å²) in [6.45, 7) is 3.27. The lowest BCUT2D eigenvalue weighted by Crippen LogP contribution is -2.41. The van der Waals surface area contributed by atoms with E-state index in [4.69, 9.17) is 11.6 Å². The summed E-state index contributed by atoms with van der Waals surface area (Å²) in [5, 5.41) is 0.322. The third-order valence-corrected chi connectivity index (χ3v) is 6.37. The van der Waals surface area contributed by atoms with E-state index in [0.717, 1.165) is 29.3 Å². The van der Waals surface area contributed by atoms with Gasteiger partial charge in [-0.05, 0) is 66.9 Å². The van der Waals surface area contributed by atoms with Crippen molar-refractivity contribution < 1.29 is 21.6 Å². The van der Waals surface area contributed by atoms with Gasteiger partial charge in [0.05, 0.1) is 16.0 Å². The predicted molar refractivity (Wildman–Crippen MR) is 109 cm³/mol. The Kier molecular flexibility index (Phi) is 5.95. The molecule has 4 nitrogen and oxygen atoms in total. The van der Waals surface area contributed by atoms with Crippen molar-refractivity contribution in [1.29, 1.82) is 0 Å². The molecule has 0 fully saturated rings. The van der Waals surface area contributed by atoms with E-state index in [-0.39, 0.29) is 0 Å². The second-order valence-corrected chi connectivity index (χ2v) is 9.27. The van der Waals surface area contributed by atoms with Crippen molar-refractivity contribution in [2.45, 2.75) is 30.5 Å². The highest BCUT2D eigenvalue weighted by Crippen LogP contribution is 2.32. The van der Waals surface area contributed by atoms with Crippen molar-refractivity contribution in [1.82, 2.24) is 9.71 Å². The third kappa shape index (κ3) is 5.00. The number of sulfonamides is 1. The van der Waals surface area contributed by atoms with E-state index in [0.29, 0.717) is 16.8 Å². The van der Waals surface area contributed by atoms with Crippen molar-refractivity contribution >= 4 is 21.6 Å². The Morgan fingerprint density at radius 3 is 2.20 bits per heavy atom. The van der Waals surface area contributed by atoms with Gasteiger partial charge in [-0.3, -0.25) is 0 Å². The third-order valence-electron chi connectivity index (χ3n) is 4.51. The number of nitrogens with zero attached hydrogens (tertiary/aromatic N) is 1. The van der Waals surface area contributed by atoms with E-state index in [1.807, 2.05) is 6.07 Å². The van der Waals surface area contributed by atoms with Gasteiger partial charge >= 0.3 is 6.18 Å². The molecule has 3 rings (SSSR count). The summed E-state index contributed by atoms with van der Waals surface area (Å²) < 4.78 is 67.0. The minimum Gasteiger partial charge on any atom is -0.245 e. The lowest BCUT2D eigenvalue weighted by Gasteiger charge is -2.27. The van der Waals surface area contributed by atoms with Gasteiger partial charge in [0.2, 0.25) is 10.0 Å². The maximum absolute atomic E-state index is 13.0. The molecule has 1 N–H and O–H groups in total. The largest absolute Gasteiger partial charge is 0.416 e. The number of rotatable bonds is 5. The summed E-state index contributed by atoms with van der Waals surface area (Å²) in [5.74, 6) is 0. The number of aromatic nitrogens is 1. The number of pyridine rings is 1. The topological polar surface area (TPSA) is 59.1 Å². The van der Waals surface area contributed by atoms with Gasteiger partial charge in [0, 0.05) is 6.20 Å². The van der Waals surface area contributed by atoms with Gasteiger partial charge in [-0.1, -0.05) is 35.9 Å². The number of alkyl halides is 3. The standard InChI is InChI=1S/C21H18ClF3N2O2S/c1-20(2,16-6-3-5-14(11-16)15-9-10-26-19(22)12-15)27-30(28,29)18-8-4-7-17(13-18)21(23,24)25/h3-13,27H,1-2H3. The monoisotopic (exact) mass is 454 g/mol. The van der Waals surface area contributed by atoms with Crippen molar-refractivity contribution in [3.63, 3.8) is 0 Å². The molecule has 1 aromatic heterocycles. The summed E-state index contributed by atoms with van der Waals surface area (Å²) in [7, 11) is -4.21. The molecule has 0 aliphatic rings. The summed E-state index contributed by atoms with van der Waals surface area (Å²) in [4.78, 5) is 3.48. The highest BCUT2D eigenvalue weighted by molar-refractivity contribution is 7.89. The highest BCUT2D eigenvalue weighted by atomic mass is 35.5. The van der Waals surface area contributed by atoms with Crippen molar-refractivity contribution in [3.8, 4) is 11.1 Å². The molecule has 2 aromatic carbocycles. The Morgan fingerprint density at radius 1 is 0.900 bits per heavy atom. The van der Waals surface area contributed by atoms with Gasteiger partial charge in [-0.2, -0.15) is 13.2 Å². The van der Waals surface area contributed by atoms with E-state index >= 15 is 0 Å². The first-order chi connectivity index (χ1) is 13.9. The lowest BCUT2D eigenvalue weighted by atomic mass is 9.92. The smallest absolute Gasteiger partial charge is 0.245 e. The minimum absolute atomic E-state index is 0.322. The predicted octanol–water partition coefficient (Wildman–Crippen LogP) is 5.63. The van der Waals surface area contributed by atoms with Crippen LogP contribution in [0.5, 0.6) is 0 Å². The van der Waals surface area contributed by atoms with Crippen LogP contribution in [0.1, 0.15) is 25.0 Å². The molecule has 9 heteroatoms. The number of hydrogen-bond acceptors (Lipinski definition) is 3. The number of hydrogen-bond donors (Lipinski definition) is 1. The van der Waals surface area contributed by atoms with Crippen LogP contribution in [0.25, 0.3) is 11.1 Å². The Morgan fingerprint density at radius 2 is 1.53 bits per heavy atom. The zero-order valence-corrected chi connectivity index (χ0v) is 17.6. The molecule has 0 amide bonds. The van der Waals surface area contributed by atoms with Crippen LogP contribution in [-0.4, -0.2) is 13.4 Å². The van der Waals surface area contributed by atoms with E-state index in [9.17, 15) is 21.6 Å². The zero-order chi connectivity index (χ0) is 22.2. The molecule has 0 radical (unpaired) electrons. The first kappa shape index (κ1) is 22.3. The van der Waals surface area contributed by atoms with Crippen molar-refractivity contribution in [3.05, 3.63) is 83.1 Å². The maximum Gasteiger partial charge on any atom is 0.416 e. The molecule has 0 unspecified atom stereocenters. The first-order valence-electron chi connectivity index (χ1n) is 8.82. The summed E-state index contributed by atoms with van der Waals surface area (Å²) in [6, 6.07) is 14.2. The molecule has 3 aromatic rings. The van der Waals surface area contributed by atoms with Crippen LogP contribution >= 0.6 is 11.6 Å². The van der Waals surface area contributed by atoms with Crippen LogP contribution in [0.15, 0.2) is 71.8 Å². The molecule has 0 bridgehead atoms. The summed E-state index contributed by atoms with van der Waals surface area (Å²) in [6.07, 6.45) is -3.08. The quantitative estimate of drug-likeness (QED) is 0.508. The Balaban J connectivity index is 1.94. The molecular weight excluding hydrogens is 437 g/mol. The van der Waals surface area contributed by atoms with Gasteiger partial charge in [0.25, 0.3) is 0 Å². The molecule has 0 aliphatic heterocycles. The Labute approximate surface area is 177 Å². The average molecular weight is 455 g/mol. The van der Waals surface area contributed by atoms with Crippen LogP contribution in [-0.2, 0) is 21.7 Å². The van der Waals surface area contributed by atoms with Crippen LogP contribution in [0, 0.1) is 0 Å². The fourth-order valence-electron chi connectivity index (χ4n) is 2.96. The van der Waals surface area contributed by atoms with E-state index in [2.05, 4.69) is 9.71 Å². The van der Waals surface area contributed by atoms with Crippen LogP contribution in [0.4, 0.5) is 13.2 Å². The van der Waals surface area contributed by atoms with Gasteiger partial charge in [-0.25, -0.2) is 18.1 Å². The molecule has 158 valence electrons. The molecule has 0 saturated carbocycles. The fourth-order valence-corrected chi connectivity index (χ4v) is 4.58. The van der Waals surface area contributed by atoms with Gasteiger partial charge in [-0.15, -0.1) is 0 Å². The average Bonchev–Trinajstić information content (AvgIpc) is 2.67. The first-order valence-corrected chi connectivity index (χ1v) is 10.7. The van der Waals surface area contributed by atoms with E-state index in [1.165, 1.54) is 0 Å². The maximum atomic E-state index is 13.0. The second kappa shape index (κ2) is 8.02. The minimum atomic E-state index is -4.64. The molecule has 0 spiro atoms. The normalized spacial score (nSPS) is 12.7. The van der Waals surface area contributed by atoms with Crippen molar-refractivity contribution in [2.75, 3.05) is 0 Å². The lowest BCUT2D eigenvalue weighted by molar-refractivity contribution is -0.137. The van der Waals surface area contributed by atoms with Gasteiger partial charge in [0.15, 0.2) is 0 Å². The van der Waals surface area contributed by atoms with E-state index in [1.54, 1.807) is 50.4 Å². The molecule has 0 saturated heterocycles. The summed E-state index contributed by atoms with van der Waals surface area (Å²) in [5.41, 5.74) is 0.0969. The highest BCUT2D eigenvalue weighted by Gasteiger charge is 2.33. The van der Waals surface area contributed by atoms with Crippen LogP contribution in [0.3, 0.4) is 0 Å². The van der Waals surface area contributed by atoms with E-state index < -0.39 is 32.2 Å². The number of nitrogens with one attached hydrogen (secondary N) is 1. The molecule has 30 heavy (non-hydrogen) atoms. The zero-order valence-electron chi connectivity index (χ0n) is 16.0. The molecule has 0 aliphatic carbocycles. The number of halogens is 4. The van der Waals surface area contributed by atoms with Crippen molar-refractivity contribution in [2.24, 2.45) is 0 Å². The Bertz CT molecular complexity index is 1180. The van der Waals surface area contributed by atoms with Gasteiger partial charge < -0.3 is 0 Å². The molecule has 1 heterocycles. The molecule has 0 atom stereocenters. The summed E-state index contributed by atoms with van der Waals surface area (Å²) >= 11 is 5.94. The van der Waals surface area contributed by atoms with Crippen LogP contribution in [0.2, 0.25) is 5.15 Å². The Hall–Kier alpha value is -2.42. The SMILES string of the molecule is CC(C)(NS(=O)(=O)c1cccc(C(F)(F)F)c1)c1cccc(-c2ccnc(Cl)c2)c1. The fraction of sp³-hybridized carbons (Fsp3) is 0.190.